The summed E-state index contributed by atoms with van der Waals surface area (Å²) in [5.41, 5.74) is 1.23. The second-order valence-corrected chi connectivity index (χ2v) is 5.86. The van der Waals surface area contributed by atoms with Crippen LogP contribution in [0.4, 0.5) is 0 Å². The number of benzene rings is 1. The fraction of sp³-hybridized carbons (Fsp3) is 0.647. The van der Waals surface area contributed by atoms with Crippen molar-refractivity contribution in [3.8, 4) is 11.5 Å². The SMILES string of the molecule is CCOc1cccc(CNC2CC2)c1OC1CCCC1. The highest BCUT2D eigenvalue weighted by molar-refractivity contribution is 5.47. The van der Waals surface area contributed by atoms with Crippen LogP contribution in [0.25, 0.3) is 0 Å². The third-order valence-corrected chi connectivity index (χ3v) is 4.11. The molecule has 1 aromatic carbocycles. The van der Waals surface area contributed by atoms with Gasteiger partial charge in [-0.05, 0) is 51.5 Å². The van der Waals surface area contributed by atoms with Gasteiger partial charge in [-0.25, -0.2) is 0 Å². The fourth-order valence-corrected chi connectivity index (χ4v) is 2.82. The van der Waals surface area contributed by atoms with Crippen molar-refractivity contribution in [3.05, 3.63) is 23.8 Å². The number of rotatable bonds is 7. The van der Waals surface area contributed by atoms with Gasteiger partial charge in [0.05, 0.1) is 12.7 Å². The van der Waals surface area contributed by atoms with E-state index in [1.54, 1.807) is 0 Å². The first kappa shape index (κ1) is 13.7. The maximum atomic E-state index is 6.28. The van der Waals surface area contributed by atoms with Crippen molar-refractivity contribution in [1.82, 2.24) is 5.32 Å². The molecule has 2 saturated carbocycles. The zero-order chi connectivity index (χ0) is 13.8. The average molecular weight is 275 g/mol. The summed E-state index contributed by atoms with van der Waals surface area (Å²) in [5, 5.41) is 3.57. The molecule has 20 heavy (non-hydrogen) atoms. The lowest BCUT2D eigenvalue weighted by atomic mass is 10.1. The monoisotopic (exact) mass is 275 g/mol. The molecular weight excluding hydrogens is 250 g/mol. The van der Waals surface area contributed by atoms with E-state index in [1.165, 1.54) is 44.1 Å². The van der Waals surface area contributed by atoms with Gasteiger partial charge >= 0.3 is 0 Å². The van der Waals surface area contributed by atoms with Crippen LogP contribution in [0.3, 0.4) is 0 Å². The first-order valence-corrected chi connectivity index (χ1v) is 8.01. The molecule has 2 aliphatic carbocycles. The number of hydrogen-bond donors (Lipinski definition) is 1. The van der Waals surface area contributed by atoms with Crippen LogP contribution in [0.15, 0.2) is 18.2 Å². The van der Waals surface area contributed by atoms with Crippen LogP contribution >= 0.6 is 0 Å². The molecule has 0 atom stereocenters. The molecule has 2 fully saturated rings. The molecule has 0 saturated heterocycles. The lowest BCUT2D eigenvalue weighted by Gasteiger charge is -2.20. The third kappa shape index (κ3) is 3.45. The zero-order valence-corrected chi connectivity index (χ0v) is 12.4. The van der Waals surface area contributed by atoms with Crippen molar-refractivity contribution in [3.63, 3.8) is 0 Å². The van der Waals surface area contributed by atoms with Gasteiger partial charge in [0.1, 0.15) is 0 Å². The molecule has 1 aromatic rings. The van der Waals surface area contributed by atoms with E-state index in [-0.39, 0.29) is 0 Å². The van der Waals surface area contributed by atoms with E-state index in [0.29, 0.717) is 18.8 Å². The Bertz CT molecular complexity index is 437. The van der Waals surface area contributed by atoms with Gasteiger partial charge < -0.3 is 14.8 Å². The number of nitrogens with one attached hydrogen (secondary N) is 1. The highest BCUT2D eigenvalue weighted by Crippen LogP contribution is 2.35. The van der Waals surface area contributed by atoms with Gasteiger partial charge in [-0.3, -0.25) is 0 Å². The van der Waals surface area contributed by atoms with Gasteiger partial charge in [0, 0.05) is 18.2 Å². The molecule has 0 unspecified atom stereocenters. The molecule has 3 nitrogen and oxygen atoms in total. The zero-order valence-electron chi connectivity index (χ0n) is 12.4. The highest BCUT2D eigenvalue weighted by Gasteiger charge is 2.23. The summed E-state index contributed by atoms with van der Waals surface area (Å²) < 4.78 is 12.0. The fourth-order valence-electron chi connectivity index (χ4n) is 2.82. The minimum absolute atomic E-state index is 0.372. The maximum absolute atomic E-state index is 6.28. The molecule has 0 amide bonds. The Morgan fingerprint density at radius 2 is 1.95 bits per heavy atom. The van der Waals surface area contributed by atoms with E-state index in [0.717, 1.165) is 18.0 Å². The standard InChI is InChI=1S/C17H25NO2/c1-2-19-16-9-5-6-13(12-18-14-10-11-14)17(16)20-15-7-3-4-8-15/h5-6,9,14-15,18H,2-4,7-8,10-12H2,1H3. The van der Waals surface area contributed by atoms with Crippen molar-refractivity contribution in [2.24, 2.45) is 0 Å². The lowest BCUT2D eigenvalue weighted by molar-refractivity contribution is 0.194. The Kier molecular flexibility index (Phi) is 4.46. The molecule has 0 heterocycles. The molecule has 0 spiro atoms. The van der Waals surface area contributed by atoms with Gasteiger partial charge in [0.15, 0.2) is 11.5 Å². The summed E-state index contributed by atoms with van der Waals surface area (Å²) in [5.74, 6) is 1.86. The Hall–Kier alpha value is -1.22. The summed E-state index contributed by atoms with van der Waals surface area (Å²) in [6.45, 7) is 3.59. The average Bonchev–Trinajstić information content (AvgIpc) is 3.15. The van der Waals surface area contributed by atoms with Crippen molar-refractivity contribution >= 4 is 0 Å². The molecule has 0 aliphatic heterocycles. The predicted molar refractivity (Wildman–Crippen MR) is 80.4 cm³/mol. The van der Waals surface area contributed by atoms with Crippen LogP contribution < -0.4 is 14.8 Å². The maximum Gasteiger partial charge on any atom is 0.166 e. The van der Waals surface area contributed by atoms with Gasteiger partial charge in [0.2, 0.25) is 0 Å². The molecule has 0 aromatic heterocycles. The van der Waals surface area contributed by atoms with Gasteiger partial charge in [0.25, 0.3) is 0 Å². The van der Waals surface area contributed by atoms with E-state index in [2.05, 4.69) is 17.4 Å². The summed E-state index contributed by atoms with van der Waals surface area (Å²) in [4.78, 5) is 0. The van der Waals surface area contributed by atoms with Gasteiger partial charge in [-0.15, -0.1) is 0 Å². The predicted octanol–water partition coefficient (Wildman–Crippen LogP) is 3.66. The third-order valence-electron chi connectivity index (χ3n) is 4.11. The lowest BCUT2D eigenvalue weighted by Crippen LogP contribution is -2.18. The Morgan fingerprint density at radius 3 is 2.65 bits per heavy atom. The van der Waals surface area contributed by atoms with Crippen LogP contribution in [0, 0.1) is 0 Å². The second kappa shape index (κ2) is 6.49. The minimum atomic E-state index is 0.372. The molecule has 0 radical (unpaired) electrons. The summed E-state index contributed by atoms with van der Waals surface area (Å²) >= 11 is 0. The van der Waals surface area contributed by atoms with E-state index in [4.69, 9.17) is 9.47 Å². The van der Waals surface area contributed by atoms with E-state index in [9.17, 15) is 0 Å². The van der Waals surface area contributed by atoms with Crippen molar-refractivity contribution in [1.29, 1.82) is 0 Å². The van der Waals surface area contributed by atoms with E-state index < -0.39 is 0 Å². The molecule has 3 rings (SSSR count). The summed E-state index contributed by atoms with van der Waals surface area (Å²) in [6, 6.07) is 6.96. The number of ether oxygens (including phenoxy) is 2. The van der Waals surface area contributed by atoms with Crippen LogP contribution in [0.1, 0.15) is 51.0 Å². The molecule has 1 N–H and O–H groups in total. The molecular formula is C17H25NO2. The number of para-hydroxylation sites is 1. The van der Waals surface area contributed by atoms with E-state index in [1.807, 2.05) is 13.0 Å². The van der Waals surface area contributed by atoms with Crippen molar-refractivity contribution in [2.45, 2.75) is 64.1 Å². The summed E-state index contributed by atoms with van der Waals surface area (Å²) in [6.07, 6.45) is 7.92. The van der Waals surface area contributed by atoms with Crippen LogP contribution in [0.2, 0.25) is 0 Å². The minimum Gasteiger partial charge on any atom is -0.490 e. The summed E-state index contributed by atoms with van der Waals surface area (Å²) in [7, 11) is 0. The molecule has 110 valence electrons. The topological polar surface area (TPSA) is 30.5 Å². The van der Waals surface area contributed by atoms with Crippen molar-refractivity contribution in [2.75, 3.05) is 6.61 Å². The first-order chi connectivity index (χ1) is 9.86. The highest BCUT2D eigenvalue weighted by atomic mass is 16.5. The van der Waals surface area contributed by atoms with Gasteiger partial charge in [-0.1, -0.05) is 12.1 Å². The quantitative estimate of drug-likeness (QED) is 0.823. The Morgan fingerprint density at radius 1 is 1.15 bits per heavy atom. The van der Waals surface area contributed by atoms with Crippen LogP contribution in [-0.4, -0.2) is 18.8 Å². The van der Waals surface area contributed by atoms with Crippen LogP contribution in [-0.2, 0) is 6.54 Å². The van der Waals surface area contributed by atoms with Gasteiger partial charge in [-0.2, -0.15) is 0 Å². The number of hydrogen-bond acceptors (Lipinski definition) is 3. The van der Waals surface area contributed by atoms with Crippen molar-refractivity contribution < 1.29 is 9.47 Å². The molecule has 3 heteroatoms. The Balaban J connectivity index is 1.75. The molecule has 2 aliphatic rings. The smallest absolute Gasteiger partial charge is 0.166 e. The second-order valence-electron chi connectivity index (χ2n) is 5.86. The van der Waals surface area contributed by atoms with E-state index >= 15 is 0 Å². The first-order valence-electron chi connectivity index (χ1n) is 8.01. The largest absolute Gasteiger partial charge is 0.490 e. The molecule has 0 bridgehead atoms. The van der Waals surface area contributed by atoms with Crippen LogP contribution in [0.5, 0.6) is 11.5 Å². The normalized spacial score (nSPS) is 19.2. The Labute approximate surface area is 121 Å².